The van der Waals surface area contributed by atoms with E-state index in [1.165, 1.54) is 12.1 Å². The Morgan fingerprint density at radius 3 is 2.25 bits per heavy atom. The first-order chi connectivity index (χ1) is 9.53. The van der Waals surface area contributed by atoms with Gasteiger partial charge in [0.2, 0.25) is 0 Å². The van der Waals surface area contributed by atoms with Crippen LogP contribution in [0.1, 0.15) is 18.4 Å². The molecular weight excluding hydrogens is 259 g/mol. The first-order valence-electron chi connectivity index (χ1n) is 6.36. The van der Waals surface area contributed by atoms with E-state index in [4.69, 9.17) is 0 Å². The van der Waals surface area contributed by atoms with Gasteiger partial charge in [0.15, 0.2) is 0 Å². The molecule has 1 aliphatic carbocycles. The summed E-state index contributed by atoms with van der Waals surface area (Å²) >= 11 is 0. The molecule has 0 aromatic heterocycles. The van der Waals surface area contributed by atoms with Gasteiger partial charge >= 0.3 is 5.97 Å². The van der Waals surface area contributed by atoms with E-state index in [1.807, 2.05) is 0 Å². The first kappa shape index (κ1) is 12.7. The van der Waals surface area contributed by atoms with Crippen LogP contribution in [0.2, 0.25) is 0 Å². The fourth-order valence-electron chi connectivity index (χ4n) is 2.46. The van der Waals surface area contributed by atoms with Gasteiger partial charge in [0.1, 0.15) is 11.6 Å². The van der Waals surface area contributed by atoms with E-state index in [1.54, 1.807) is 24.3 Å². The lowest BCUT2D eigenvalue weighted by molar-refractivity contribution is -0.140. The van der Waals surface area contributed by atoms with Gasteiger partial charge in [0.05, 0.1) is 5.41 Å². The van der Waals surface area contributed by atoms with E-state index in [0.717, 1.165) is 11.6 Å². The Hall–Kier alpha value is -2.36. The summed E-state index contributed by atoms with van der Waals surface area (Å²) in [4.78, 5) is 11.2. The molecule has 3 nitrogen and oxygen atoms in total. The summed E-state index contributed by atoms with van der Waals surface area (Å²) in [6.07, 6.45) is 1.30. The third kappa shape index (κ3) is 1.93. The molecule has 2 N–H and O–H groups in total. The van der Waals surface area contributed by atoms with Crippen LogP contribution in [0.5, 0.6) is 5.75 Å². The van der Waals surface area contributed by atoms with Crippen LogP contribution >= 0.6 is 0 Å². The van der Waals surface area contributed by atoms with Crippen molar-refractivity contribution in [1.82, 2.24) is 0 Å². The summed E-state index contributed by atoms with van der Waals surface area (Å²) in [5.41, 5.74) is 1.06. The maximum atomic E-state index is 13.8. The van der Waals surface area contributed by atoms with E-state index < -0.39 is 17.2 Å². The van der Waals surface area contributed by atoms with Crippen LogP contribution in [0.15, 0.2) is 42.5 Å². The number of phenols is 1. The molecule has 20 heavy (non-hydrogen) atoms. The quantitative estimate of drug-likeness (QED) is 0.901. The van der Waals surface area contributed by atoms with Crippen molar-refractivity contribution in [1.29, 1.82) is 0 Å². The molecule has 0 unspecified atom stereocenters. The topological polar surface area (TPSA) is 57.5 Å². The lowest BCUT2D eigenvalue weighted by atomic mass is 9.94. The Kier molecular flexibility index (Phi) is 2.74. The summed E-state index contributed by atoms with van der Waals surface area (Å²) in [7, 11) is 0. The molecule has 0 atom stereocenters. The highest BCUT2D eigenvalue weighted by Crippen LogP contribution is 2.48. The van der Waals surface area contributed by atoms with Gasteiger partial charge < -0.3 is 10.2 Å². The number of rotatable bonds is 3. The molecule has 2 aromatic rings. The fourth-order valence-corrected chi connectivity index (χ4v) is 2.46. The molecule has 0 heterocycles. The molecule has 0 bridgehead atoms. The highest BCUT2D eigenvalue weighted by molar-refractivity contribution is 5.85. The van der Waals surface area contributed by atoms with Gasteiger partial charge in [-0.15, -0.1) is 0 Å². The Labute approximate surface area is 115 Å². The Balaban J connectivity index is 1.96. The van der Waals surface area contributed by atoms with Crippen molar-refractivity contribution in [2.24, 2.45) is 0 Å². The van der Waals surface area contributed by atoms with Crippen LogP contribution < -0.4 is 0 Å². The van der Waals surface area contributed by atoms with Gasteiger partial charge in [-0.05, 0) is 36.1 Å². The van der Waals surface area contributed by atoms with Crippen molar-refractivity contribution in [2.45, 2.75) is 18.3 Å². The fraction of sp³-hybridized carbons (Fsp3) is 0.188. The molecule has 2 aromatic carbocycles. The van der Waals surface area contributed by atoms with E-state index >= 15 is 0 Å². The molecule has 0 amide bonds. The number of aromatic hydroxyl groups is 1. The molecular formula is C16H13FO3. The van der Waals surface area contributed by atoms with Crippen LogP contribution in [0, 0.1) is 5.82 Å². The Bertz CT molecular complexity index is 673. The number of carboxylic acids is 1. The minimum atomic E-state index is -0.805. The summed E-state index contributed by atoms with van der Waals surface area (Å²) in [5.74, 6) is -1.43. The van der Waals surface area contributed by atoms with Crippen LogP contribution in [-0.4, -0.2) is 16.2 Å². The van der Waals surface area contributed by atoms with Crippen molar-refractivity contribution in [3.8, 4) is 16.9 Å². The van der Waals surface area contributed by atoms with Crippen molar-refractivity contribution < 1.29 is 19.4 Å². The molecule has 1 saturated carbocycles. The van der Waals surface area contributed by atoms with Gasteiger partial charge in [0, 0.05) is 11.6 Å². The summed E-state index contributed by atoms with van der Waals surface area (Å²) in [5, 5.41) is 18.4. The number of carbonyl (C=O) groups is 1. The average molecular weight is 272 g/mol. The van der Waals surface area contributed by atoms with Gasteiger partial charge in [-0.3, -0.25) is 4.79 Å². The maximum absolute atomic E-state index is 13.8. The van der Waals surface area contributed by atoms with Crippen molar-refractivity contribution in [3.63, 3.8) is 0 Å². The number of carboxylic acid groups (broad SMARTS) is 1. The third-order valence-electron chi connectivity index (χ3n) is 3.86. The maximum Gasteiger partial charge on any atom is 0.314 e. The smallest absolute Gasteiger partial charge is 0.314 e. The largest absolute Gasteiger partial charge is 0.508 e. The number of hydrogen-bond acceptors (Lipinski definition) is 2. The van der Waals surface area contributed by atoms with Gasteiger partial charge in [-0.2, -0.15) is 0 Å². The summed E-state index contributed by atoms with van der Waals surface area (Å²) in [6.45, 7) is 0. The van der Waals surface area contributed by atoms with E-state index in [0.29, 0.717) is 24.0 Å². The van der Waals surface area contributed by atoms with E-state index in [9.17, 15) is 19.4 Å². The molecule has 1 aliphatic rings. The molecule has 3 rings (SSSR count). The monoisotopic (exact) mass is 272 g/mol. The molecule has 0 spiro atoms. The van der Waals surface area contributed by atoms with Crippen molar-refractivity contribution in [2.75, 3.05) is 0 Å². The Morgan fingerprint density at radius 2 is 1.75 bits per heavy atom. The van der Waals surface area contributed by atoms with Gasteiger partial charge in [-0.25, -0.2) is 4.39 Å². The highest BCUT2D eigenvalue weighted by Gasteiger charge is 2.51. The van der Waals surface area contributed by atoms with Gasteiger partial charge in [-0.1, -0.05) is 24.3 Å². The van der Waals surface area contributed by atoms with Crippen LogP contribution in [0.25, 0.3) is 11.1 Å². The molecule has 102 valence electrons. The molecule has 0 saturated heterocycles. The first-order valence-corrected chi connectivity index (χ1v) is 6.36. The van der Waals surface area contributed by atoms with Crippen LogP contribution in [0.4, 0.5) is 4.39 Å². The predicted octanol–water partition coefficient (Wildman–Crippen LogP) is 3.31. The van der Waals surface area contributed by atoms with Crippen LogP contribution in [0.3, 0.4) is 0 Å². The lowest BCUT2D eigenvalue weighted by Gasteiger charge is -2.11. The number of hydrogen-bond donors (Lipinski definition) is 2. The number of benzene rings is 2. The van der Waals surface area contributed by atoms with Crippen molar-refractivity contribution >= 4 is 5.97 Å². The minimum Gasteiger partial charge on any atom is -0.508 e. The Morgan fingerprint density at radius 1 is 1.10 bits per heavy atom. The third-order valence-corrected chi connectivity index (χ3v) is 3.86. The SMILES string of the molecule is O=C(O)C1(c2ccc(-c3ccc(O)cc3F)cc2)CC1. The predicted molar refractivity (Wildman–Crippen MR) is 72.0 cm³/mol. The summed E-state index contributed by atoms with van der Waals surface area (Å²) in [6, 6.07) is 10.9. The molecule has 4 heteroatoms. The summed E-state index contributed by atoms with van der Waals surface area (Å²) < 4.78 is 13.8. The lowest BCUT2D eigenvalue weighted by Crippen LogP contribution is -2.19. The van der Waals surface area contributed by atoms with Crippen molar-refractivity contribution in [3.05, 3.63) is 53.8 Å². The standard InChI is InChI=1S/C16H13FO3/c17-14-9-12(18)5-6-13(14)10-1-3-11(4-2-10)16(7-8-16)15(19)20/h1-6,9,18H,7-8H2,(H,19,20). The number of aliphatic carboxylic acids is 1. The molecule has 1 fully saturated rings. The van der Waals surface area contributed by atoms with Gasteiger partial charge in [0.25, 0.3) is 0 Å². The second-order valence-corrected chi connectivity index (χ2v) is 5.13. The van der Waals surface area contributed by atoms with E-state index in [-0.39, 0.29) is 5.75 Å². The molecule has 0 radical (unpaired) electrons. The average Bonchev–Trinajstić information content (AvgIpc) is 3.20. The zero-order valence-electron chi connectivity index (χ0n) is 10.6. The molecule has 0 aliphatic heterocycles. The van der Waals surface area contributed by atoms with Crippen LogP contribution in [-0.2, 0) is 10.2 Å². The zero-order chi connectivity index (χ0) is 14.3. The zero-order valence-corrected chi connectivity index (χ0v) is 10.6. The second-order valence-electron chi connectivity index (χ2n) is 5.13. The number of phenolic OH excluding ortho intramolecular Hbond substituents is 1. The number of halogens is 1. The highest BCUT2D eigenvalue weighted by atomic mass is 19.1. The van der Waals surface area contributed by atoms with E-state index in [2.05, 4.69) is 0 Å². The normalized spacial score (nSPS) is 15.8. The minimum absolute atomic E-state index is 0.120. The second kappa shape index (κ2) is 4.34.